The smallest absolute Gasteiger partial charge is 0.232 e. The van der Waals surface area contributed by atoms with E-state index < -0.39 is 11.7 Å². The summed E-state index contributed by atoms with van der Waals surface area (Å²) in [6.45, 7) is 0.965. The molecule has 1 nitrogen and oxygen atoms in total. The SMILES string of the molecule is FC(F)(F)c1ccc2c(c1)C[N]C2. The maximum Gasteiger partial charge on any atom is 0.416 e. The Morgan fingerprint density at radius 1 is 1.08 bits per heavy atom. The van der Waals surface area contributed by atoms with Gasteiger partial charge in [0.2, 0.25) is 0 Å². The molecule has 4 heteroatoms. The van der Waals surface area contributed by atoms with E-state index in [4.69, 9.17) is 0 Å². The van der Waals surface area contributed by atoms with Crippen molar-refractivity contribution in [2.24, 2.45) is 0 Å². The predicted octanol–water partition coefficient (Wildman–Crippen LogP) is 2.32. The standard InChI is InChI=1S/C9H7F3N/c10-9(11,12)8-2-1-6-4-13-5-7(6)3-8/h1-3H,4-5H2. The van der Waals surface area contributed by atoms with Crippen LogP contribution in [0, 0.1) is 0 Å². The largest absolute Gasteiger partial charge is 0.416 e. The van der Waals surface area contributed by atoms with Crippen LogP contribution in [0.15, 0.2) is 18.2 Å². The van der Waals surface area contributed by atoms with Gasteiger partial charge in [0.05, 0.1) is 5.56 Å². The van der Waals surface area contributed by atoms with E-state index in [2.05, 4.69) is 5.32 Å². The van der Waals surface area contributed by atoms with Gasteiger partial charge in [0.15, 0.2) is 0 Å². The Balaban J connectivity index is 2.42. The van der Waals surface area contributed by atoms with Gasteiger partial charge in [0.25, 0.3) is 0 Å². The van der Waals surface area contributed by atoms with Crippen molar-refractivity contribution in [3.63, 3.8) is 0 Å². The number of benzene rings is 1. The molecule has 0 spiro atoms. The van der Waals surface area contributed by atoms with E-state index in [1.54, 1.807) is 0 Å². The van der Waals surface area contributed by atoms with Gasteiger partial charge in [0.1, 0.15) is 0 Å². The quantitative estimate of drug-likeness (QED) is 0.590. The van der Waals surface area contributed by atoms with E-state index in [1.807, 2.05) is 0 Å². The summed E-state index contributed by atoms with van der Waals surface area (Å²) >= 11 is 0. The Bertz CT molecular complexity index is 330. The van der Waals surface area contributed by atoms with Crippen LogP contribution in [0.5, 0.6) is 0 Å². The van der Waals surface area contributed by atoms with Crippen LogP contribution in [0.4, 0.5) is 13.2 Å². The first kappa shape index (κ1) is 8.56. The average molecular weight is 186 g/mol. The first-order chi connectivity index (χ1) is 6.07. The van der Waals surface area contributed by atoms with Gasteiger partial charge in [-0.3, -0.25) is 0 Å². The van der Waals surface area contributed by atoms with Crippen LogP contribution in [0.1, 0.15) is 16.7 Å². The van der Waals surface area contributed by atoms with Crippen LogP contribution in [0.3, 0.4) is 0 Å². The van der Waals surface area contributed by atoms with E-state index in [0.717, 1.165) is 11.6 Å². The van der Waals surface area contributed by atoms with E-state index >= 15 is 0 Å². The maximum atomic E-state index is 12.2. The van der Waals surface area contributed by atoms with Gasteiger partial charge in [-0.15, -0.1) is 0 Å². The lowest BCUT2D eigenvalue weighted by atomic mass is 10.1. The number of hydrogen-bond donors (Lipinski definition) is 0. The fourth-order valence-electron chi connectivity index (χ4n) is 1.40. The summed E-state index contributed by atoms with van der Waals surface area (Å²) in [5, 5.41) is 4.01. The lowest BCUT2D eigenvalue weighted by Crippen LogP contribution is -2.05. The Kier molecular flexibility index (Phi) is 1.80. The molecule has 1 heterocycles. The summed E-state index contributed by atoms with van der Waals surface area (Å²) in [6.07, 6.45) is -4.24. The highest BCUT2D eigenvalue weighted by Crippen LogP contribution is 2.31. The molecule has 0 amide bonds. The molecule has 2 rings (SSSR count). The van der Waals surface area contributed by atoms with Gasteiger partial charge in [-0.25, -0.2) is 5.32 Å². The maximum absolute atomic E-state index is 12.2. The first-order valence-corrected chi connectivity index (χ1v) is 3.89. The molecule has 1 radical (unpaired) electrons. The molecule has 0 aliphatic carbocycles. The Hall–Kier alpha value is -1.03. The summed E-state index contributed by atoms with van der Waals surface area (Å²) in [7, 11) is 0. The zero-order chi connectivity index (χ0) is 9.47. The Labute approximate surface area is 73.6 Å². The first-order valence-electron chi connectivity index (χ1n) is 3.89. The third-order valence-corrected chi connectivity index (χ3v) is 2.10. The molecule has 1 aromatic carbocycles. The minimum Gasteiger partial charge on any atom is -0.232 e. The number of nitrogens with zero attached hydrogens (tertiary/aromatic N) is 1. The third-order valence-electron chi connectivity index (χ3n) is 2.10. The summed E-state index contributed by atoms with van der Waals surface area (Å²) in [6, 6.07) is 3.81. The van der Waals surface area contributed by atoms with E-state index in [9.17, 15) is 13.2 Å². The molecule has 69 valence electrons. The number of hydrogen-bond acceptors (Lipinski definition) is 0. The number of rotatable bonds is 0. The fourth-order valence-corrected chi connectivity index (χ4v) is 1.40. The normalized spacial score (nSPS) is 15.9. The zero-order valence-electron chi connectivity index (χ0n) is 6.73. The van der Waals surface area contributed by atoms with Crippen molar-refractivity contribution in [3.05, 3.63) is 34.9 Å². The summed E-state index contributed by atoms with van der Waals surface area (Å²) in [4.78, 5) is 0. The van der Waals surface area contributed by atoms with E-state index in [1.165, 1.54) is 12.1 Å². The highest BCUT2D eigenvalue weighted by molar-refractivity contribution is 5.35. The summed E-state index contributed by atoms with van der Waals surface area (Å²) in [5.74, 6) is 0. The molecule has 0 aromatic heterocycles. The van der Waals surface area contributed by atoms with Gasteiger partial charge in [-0.05, 0) is 23.3 Å². The molecular weight excluding hydrogens is 179 g/mol. The van der Waals surface area contributed by atoms with Crippen molar-refractivity contribution in [2.45, 2.75) is 19.3 Å². The number of halogens is 3. The highest BCUT2D eigenvalue weighted by Gasteiger charge is 2.31. The Morgan fingerprint density at radius 3 is 2.46 bits per heavy atom. The molecule has 1 aliphatic rings. The second-order valence-corrected chi connectivity index (χ2v) is 3.02. The topological polar surface area (TPSA) is 14.1 Å². The van der Waals surface area contributed by atoms with Crippen LogP contribution < -0.4 is 5.32 Å². The molecular formula is C9H7F3N. The number of alkyl halides is 3. The fraction of sp³-hybridized carbons (Fsp3) is 0.333. The van der Waals surface area contributed by atoms with Gasteiger partial charge in [-0.2, -0.15) is 13.2 Å². The zero-order valence-corrected chi connectivity index (χ0v) is 6.73. The number of fused-ring (bicyclic) bond motifs is 1. The molecule has 0 N–H and O–H groups in total. The average Bonchev–Trinajstić information content (AvgIpc) is 2.47. The minimum atomic E-state index is -4.24. The predicted molar refractivity (Wildman–Crippen MR) is 41.0 cm³/mol. The molecule has 0 bridgehead atoms. The van der Waals surface area contributed by atoms with Gasteiger partial charge in [-0.1, -0.05) is 6.07 Å². The van der Waals surface area contributed by atoms with Crippen LogP contribution in [0.2, 0.25) is 0 Å². The van der Waals surface area contributed by atoms with E-state index in [0.29, 0.717) is 18.7 Å². The molecule has 13 heavy (non-hydrogen) atoms. The van der Waals surface area contributed by atoms with Gasteiger partial charge < -0.3 is 0 Å². The van der Waals surface area contributed by atoms with Crippen molar-refractivity contribution in [2.75, 3.05) is 0 Å². The van der Waals surface area contributed by atoms with Crippen LogP contribution in [-0.4, -0.2) is 0 Å². The monoisotopic (exact) mass is 186 g/mol. The summed E-state index contributed by atoms with van der Waals surface area (Å²) < 4.78 is 36.7. The van der Waals surface area contributed by atoms with E-state index in [-0.39, 0.29) is 0 Å². The molecule has 0 saturated carbocycles. The molecule has 0 unspecified atom stereocenters. The van der Waals surface area contributed by atoms with Crippen LogP contribution >= 0.6 is 0 Å². The van der Waals surface area contributed by atoms with Crippen molar-refractivity contribution in [1.82, 2.24) is 5.32 Å². The van der Waals surface area contributed by atoms with Crippen LogP contribution in [-0.2, 0) is 19.3 Å². The second-order valence-electron chi connectivity index (χ2n) is 3.02. The van der Waals surface area contributed by atoms with Crippen LogP contribution in [0.25, 0.3) is 0 Å². The Morgan fingerprint density at radius 2 is 1.77 bits per heavy atom. The van der Waals surface area contributed by atoms with Gasteiger partial charge >= 0.3 is 6.18 Å². The molecule has 0 atom stereocenters. The summed E-state index contributed by atoms with van der Waals surface area (Å²) in [5.41, 5.74) is 1.03. The molecule has 1 aliphatic heterocycles. The van der Waals surface area contributed by atoms with Crippen molar-refractivity contribution < 1.29 is 13.2 Å². The minimum absolute atomic E-state index is 0.416. The van der Waals surface area contributed by atoms with Crippen molar-refractivity contribution in [1.29, 1.82) is 0 Å². The van der Waals surface area contributed by atoms with Crippen molar-refractivity contribution >= 4 is 0 Å². The third kappa shape index (κ3) is 1.54. The highest BCUT2D eigenvalue weighted by atomic mass is 19.4. The van der Waals surface area contributed by atoms with Gasteiger partial charge in [0, 0.05) is 13.1 Å². The molecule has 0 fully saturated rings. The lowest BCUT2D eigenvalue weighted by Gasteiger charge is -2.07. The lowest BCUT2D eigenvalue weighted by molar-refractivity contribution is -0.137. The second kappa shape index (κ2) is 2.73. The molecule has 0 saturated heterocycles. The molecule has 1 aromatic rings. The van der Waals surface area contributed by atoms with Crippen molar-refractivity contribution in [3.8, 4) is 0 Å².